The molecule has 0 aliphatic heterocycles. The molecule has 0 unspecified atom stereocenters. The lowest BCUT2D eigenvalue weighted by molar-refractivity contribution is -0.254. The van der Waals surface area contributed by atoms with Gasteiger partial charge in [0.15, 0.2) is 5.78 Å². The van der Waals surface area contributed by atoms with Crippen LogP contribution >= 0.6 is 11.3 Å². The molecule has 1 aromatic rings. The predicted molar refractivity (Wildman–Crippen MR) is 57.7 cm³/mol. The number of amides is 1. The molecule has 6 heteroatoms. The van der Waals surface area contributed by atoms with Crippen LogP contribution in [0.25, 0.3) is 0 Å². The molecule has 0 bridgehead atoms. The highest BCUT2D eigenvalue weighted by molar-refractivity contribution is 7.18. The fourth-order valence-corrected chi connectivity index (χ4v) is 2.48. The van der Waals surface area contributed by atoms with E-state index < -0.39 is 5.97 Å². The first-order chi connectivity index (χ1) is 7.34. The Morgan fingerprint density at radius 1 is 1.25 bits per heavy atom. The van der Waals surface area contributed by atoms with Crippen LogP contribution in [0, 0.1) is 6.92 Å². The van der Waals surface area contributed by atoms with Gasteiger partial charge in [0.05, 0.1) is 10.8 Å². The summed E-state index contributed by atoms with van der Waals surface area (Å²) in [5.74, 6) is -2.02. The van der Waals surface area contributed by atoms with Crippen molar-refractivity contribution in [3.8, 4) is 0 Å². The third-order valence-corrected chi connectivity index (χ3v) is 3.27. The maximum atomic E-state index is 11.2. The van der Waals surface area contributed by atoms with Crippen molar-refractivity contribution in [2.45, 2.75) is 20.8 Å². The quantitative estimate of drug-likeness (QED) is 0.783. The van der Waals surface area contributed by atoms with Crippen LogP contribution in [-0.4, -0.2) is 17.7 Å². The van der Waals surface area contributed by atoms with Gasteiger partial charge in [0.2, 0.25) is 5.91 Å². The summed E-state index contributed by atoms with van der Waals surface area (Å²) in [6.07, 6.45) is 0. The molecule has 1 heterocycles. The maximum Gasteiger partial charge on any atom is 0.221 e. The standard InChI is InChI=1S/C10H11NO4S/c1-4-7(10(14)15)9(11-6(3)13)16-8(4)5(2)12/h1-3H3,(H,11,13)(H,14,15)/p-1. The van der Waals surface area contributed by atoms with E-state index in [1.54, 1.807) is 0 Å². The Kier molecular flexibility index (Phi) is 3.44. The van der Waals surface area contributed by atoms with E-state index in [0.29, 0.717) is 10.4 Å². The maximum absolute atomic E-state index is 11.2. The predicted octanol–water partition coefficient (Wildman–Crippen LogP) is 0.581. The van der Waals surface area contributed by atoms with Crippen molar-refractivity contribution in [3.05, 3.63) is 16.0 Å². The number of Topliss-reactive ketones (excluding diaryl/α,β-unsaturated/α-hetero) is 1. The molecule has 1 N–H and O–H groups in total. The summed E-state index contributed by atoms with van der Waals surface area (Å²) in [5.41, 5.74) is 0.214. The molecule has 0 aromatic carbocycles. The number of rotatable bonds is 3. The van der Waals surface area contributed by atoms with Gasteiger partial charge in [-0.2, -0.15) is 0 Å². The molecule has 0 atom stereocenters. The van der Waals surface area contributed by atoms with Crippen LogP contribution in [0.4, 0.5) is 5.00 Å². The average Bonchev–Trinajstić information content (AvgIpc) is 2.41. The second-order valence-electron chi connectivity index (χ2n) is 3.29. The zero-order valence-electron chi connectivity index (χ0n) is 9.04. The molecule has 0 radical (unpaired) electrons. The number of aromatic carboxylic acids is 1. The van der Waals surface area contributed by atoms with Gasteiger partial charge in [-0.15, -0.1) is 11.3 Å². The van der Waals surface area contributed by atoms with E-state index in [-0.39, 0.29) is 22.3 Å². The smallest absolute Gasteiger partial charge is 0.221 e. The molecule has 1 rings (SSSR count). The Morgan fingerprint density at radius 3 is 2.19 bits per heavy atom. The number of carboxylic acids is 1. The zero-order valence-corrected chi connectivity index (χ0v) is 9.86. The van der Waals surface area contributed by atoms with E-state index in [4.69, 9.17) is 0 Å². The number of ketones is 1. The number of nitrogens with one attached hydrogen (secondary N) is 1. The molecule has 1 amide bonds. The number of anilines is 1. The molecule has 0 spiro atoms. The number of thiophene rings is 1. The fourth-order valence-electron chi connectivity index (χ4n) is 1.34. The zero-order chi connectivity index (χ0) is 12.5. The highest BCUT2D eigenvalue weighted by Gasteiger charge is 2.18. The van der Waals surface area contributed by atoms with E-state index in [0.717, 1.165) is 11.3 Å². The summed E-state index contributed by atoms with van der Waals surface area (Å²) in [5, 5.41) is 13.4. The highest BCUT2D eigenvalue weighted by atomic mass is 32.1. The summed E-state index contributed by atoms with van der Waals surface area (Å²) < 4.78 is 0. The van der Waals surface area contributed by atoms with Crippen molar-refractivity contribution >= 4 is 34.0 Å². The molecule has 0 aliphatic rings. The lowest BCUT2D eigenvalue weighted by atomic mass is 10.1. The van der Waals surface area contributed by atoms with E-state index >= 15 is 0 Å². The van der Waals surface area contributed by atoms with E-state index in [1.165, 1.54) is 20.8 Å². The SMILES string of the molecule is CC(=O)Nc1sc(C(C)=O)c(C)c1C(=O)[O-]. The van der Waals surface area contributed by atoms with Crippen LogP contribution in [0.5, 0.6) is 0 Å². The lowest BCUT2D eigenvalue weighted by Crippen LogP contribution is -2.24. The van der Waals surface area contributed by atoms with Crippen LogP contribution in [0.15, 0.2) is 0 Å². The number of hydrogen-bond acceptors (Lipinski definition) is 5. The van der Waals surface area contributed by atoms with E-state index in [2.05, 4.69) is 5.32 Å². The van der Waals surface area contributed by atoms with Crippen LogP contribution in [0.1, 0.15) is 39.4 Å². The Balaban J connectivity index is 3.36. The molecular formula is C10H10NO4S-. The Bertz CT molecular complexity index is 475. The van der Waals surface area contributed by atoms with Gasteiger partial charge in [0.25, 0.3) is 0 Å². The summed E-state index contributed by atoms with van der Waals surface area (Å²) in [4.78, 5) is 33.3. The lowest BCUT2D eigenvalue weighted by Gasteiger charge is -2.05. The molecule has 86 valence electrons. The average molecular weight is 240 g/mol. The van der Waals surface area contributed by atoms with Crippen LogP contribution in [0.2, 0.25) is 0 Å². The molecule has 0 aliphatic carbocycles. The summed E-state index contributed by atoms with van der Waals surface area (Å²) in [6.45, 7) is 4.13. The molecular weight excluding hydrogens is 230 g/mol. The number of carboxylic acid groups (broad SMARTS) is 1. The Hall–Kier alpha value is -1.69. The highest BCUT2D eigenvalue weighted by Crippen LogP contribution is 2.32. The molecule has 0 saturated heterocycles. The molecule has 5 nitrogen and oxygen atoms in total. The third kappa shape index (κ3) is 2.27. The van der Waals surface area contributed by atoms with Crippen molar-refractivity contribution in [1.82, 2.24) is 0 Å². The molecule has 0 fully saturated rings. The van der Waals surface area contributed by atoms with Crippen molar-refractivity contribution in [3.63, 3.8) is 0 Å². The largest absolute Gasteiger partial charge is 0.545 e. The van der Waals surface area contributed by atoms with Crippen LogP contribution in [0.3, 0.4) is 0 Å². The van der Waals surface area contributed by atoms with Gasteiger partial charge in [0, 0.05) is 12.5 Å². The van der Waals surface area contributed by atoms with E-state index in [1.807, 2.05) is 0 Å². The van der Waals surface area contributed by atoms with E-state index in [9.17, 15) is 19.5 Å². The van der Waals surface area contributed by atoms with Crippen LogP contribution < -0.4 is 10.4 Å². The summed E-state index contributed by atoms with van der Waals surface area (Å²) in [6, 6.07) is 0. The number of hydrogen-bond donors (Lipinski definition) is 1. The third-order valence-electron chi connectivity index (χ3n) is 1.96. The van der Waals surface area contributed by atoms with Crippen molar-refractivity contribution < 1.29 is 19.5 Å². The topological polar surface area (TPSA) is 86.3 Å². The fraction of sp³-hybridized carbons (Fsp3) is 0.300. The first-order valence-corrected chi connectivity index (χ1v) is 5.29. The first kappa shape index (κ1) is 12.4. The second-order valence-corrected chi connectivity index (χ2v) is 4.31. The second kappa shape index (κ2) is 4.44. The van der Waals surface area contributed by atoms with Gasteiger partial charge >= 0.3 is 0 Å². The first-order valence-electron chi connectivity index (χ1n) is 4.47. The van der Waals surface area contributed by atoms with Gasteiger partial charge in [-0.25, -0.2) is 0 Å². The minimum atomic E-state index is -1.40. The van der Waals surface area contributed by atoms with Gasteiger partial charge in [-0.3, -0.25) is 9.59 Å². The van der Waals surface area contributed by atoms with Gasteiger partial charge in [-0.05, 0) is 19.4 Å². The molecule has 1 aromatic heterocycles. The van der Waals surface area contributed by atoms with Crippen molar-refractivity contribution in [1.29, 1.82) is 0 Å². The minimum absolute atomic E-state index is 0.120. The van der Waals surface area contributed by atoms with Crippen molar-refractivity contribution in [2.75, 3.05) is 5.32 Å². The summed E-state index contributed by atoms with van der Waals surface area (Å²) in [7, 11) is 0. The molecule has 0 saturated carbocycles. The van der Waals surface area contributed by atoms with Gasteiger partial charge in [0.1, 0.15) is 5.00 Å². The van der Waals surface area contributed by atoms with Gasteiger partial charge in [-0.1, -0.05) is 0 Å². The Morgan fingerprint density at radius 2 is 1.81 bits per heavy atom. The molecule has 16 heavy (non-hydrogen) atoms. The van der Waals surface area contributed by atoms with Gasteiger partial charge < -0.3 is 15.2 Å². The number of carbonyl (C=O) groups excluding carboxylic acids is 3. The Labute approximate surface area is 96.1 Å². The van der Waals surface area contributed by atoms with Crippen molar-refractivity contribution in [2.24, 2.45) is 0 Å². The minimum Gasteiger partial charge on any atom is -0.545 e. The normalized spacial score (nSPS) is 9.94. The number of carbonyl (C=O) groups is 3. The summed E-state index contributed by atoms with van der Waals surface area (Å²) >= 11 is 0.949. The monoisotopic (exact) mass is 240 g/mol. The van der Waals surface area contributed by atoms with Crippen LogP contribution in [-0.2, 0) is 4.79 Å².